The molecule has 0 spiro atoms. The number of carbonyl (C=O) groups excluding carboxylic acids is 1. The van der Waals surface area contributed by atoms with Gasteiger partial charge in [-0.1, -0.05) is 71.7 Å². The van der Waals surface area contributed by atoms with Crippen molar-refractivity contribution in [3.05, 3.63) is 105 Å². The molecule has 0 saturated carbocycles. The summed E-state index contributed by atoms with van der Waals surface area (Å²) in [6, 6.07) is 24.4. The quantitative estimate of drug-likeness (QED) is 0.285. The highest BCUT2D eigenvalue weighted by atomic mass is 35.5. The summed E-state index contributed by atoms with van der Waals surface area (Å²) in [5.41, 5.74) is 4.48. The highest BCUT2D eigenvalue weighted by Gasteiger charge is 2.19. The number of likely N-dealkylation sites (tertiary alicyclic amines) is 1. The number of rotatable bonds is 10. The van der Waals surface area contributed by atoms with Crippen LogP contribution in [-0.2, 0) is 18.7 Å². The number of carbonyl (C=O) groups is 1. The molecule has 0 bridgehead atoms. The number of hydrogen-bond donors (Lipinski definition) is 1. The Morgan fingerprint density at radius 2 is 1.69 bits per heavy atom. The zero-order valence-corrected chi connectivity index (χ0v) is 22.2. The third-order valence-electron chi connectivity index (χ3n) is 6.50. The number of halogens is 2. The lowest BCUT2D eigenvalue weighted by atomic mass is 9.90. The lowest BCUT2D eigenvalue weighted by Gasteiger charge is -2.32. The first-order valence-electron chi connectivity index (χ1n) is 12.2. The minimum absolute atomic E-state index is 0.0246. The maximum atomic E-state index is 12.5. The van der Waals surface area contributed by atoms with Gasteiger partial charge in [0.05, 0.1) is 0 Å². The van der Waals surface area contributed by atoms with Gasteiger partial charge < -0.3 is 5.32 Å². The Morgan fingerprint density at radius 1 is 0.943 bits per heavy atom. The number of hydrogen-bond acceptors (Lipinski definition) is 3. The maximum Gasteiger partial charge on any atom is 0.251 e. The van der Waals surface area contributed by atoms with Gasteiger partial charge in [0, 0.05) is 40.2 Å². The van der Waals surface area contributed by atoms with Crippen molar-refractivity contribution < 1.29 is 4.79 Å². The molecule has 0 radical (unpaired) electrons. The number of amides is 1. The average Bonchev–Trinajstić information content (AvgIpc) is 2.87. The van der Waals surface area contributed by atoms with Gasteiger partial charge in [-0.25, -0.2) is 0 Å². The molecule has 1 aliphatic heterocycles. The van der Waals surface area contributed by atoms with E-state index in [-0.39, 0.29) is 5.91 Å². The van der Waals surface area contributed by atoms with Crippen molar-refractivity contribution in [1.82, 2.24) is 10.2 Å². The fourth-order valence-corrected chi connectivity index (χ4v) is 5.89. The summed E-state index contributed by atoms with van der Waals surface area (Å²) in [5.74, 6) is 2.37. The van der Waals surface area contributed by atoms with Crippen LogP contribution in [0.15, 0.2) is 72.8 Å². The number of nitrogens with one attached hydrogen (secondary N) is 1. The van der Waals surface area contributed by atoms with Crippen LogP contribution in [0.5, 0.6) is 0 Å². The van der Waals surface area contributed by atoms with Crippen molar-refractivity contribution >= 4 is 40.9 Å². The van der Waals surface area contributed by atoms with Crippen LogP contribution in [0.3, 0.4) is 0 Å². The molecule has 0 unspecified atom stereocenters. The molecule has 4 rings (SSSR count). The summed E-state index contributed by atoms with van der Waals surface area (Å²) >= 11 is 13.9. The molecule has 6 heteroatoms. The van der Waals surface area contributed by atoms with E-state index in [0.717, 1.165) is 42.6 Å². The van der Waals surface area contributed by atoms with Gasteiger partial charge in [0.15, 0.2) is 0 Å². The molecule has 1 N–H and O–H groups in total. The van der Waals surface area contributed by atoms with E-state index in [9.17, 15) is 4.79 Å². The van der Waals surface area contributed by atoms with Gasteiger partial charge in [0.25, 0.3) is 5.91 Å². The Bertz CT molecular complexity index is 1080. The number of thioether (sulfide) groups is 1. The molecule has 3 aromatic rings. The molecule has 1 saturated heterocycles. The fraction of sp³-hybridized carbons (Fsp3) is 0.345. The maximum absolute atomic E-state index is 12.5. The summed E-state index contributed by atoms with van der Waals surface area (Å²) in [6.07, 6.45) is 3.68. The first-order valence-corrected chi connectivity index (χ1v) is 14.1. The normalized spacial score (nSPS) is 14.7. The van der Waals surface area contributed by atoms with Gasteiger partial charge in [0.1, 0.15) is 0 Å². The first kappa shape index (κ1) is 26.1. The Morgan fingerprint density at radius 3 is 2.40 bits per heavy atom. The van der Waals surface area contributed by atoms with Crippen LogP contribution in [0.4, 0.5) is 0 Å². The van der Waals surface area contributed by atoms with Crippen LogP contribution in [0.25, 0.3) is 0 Å². The second-order valence-corrected chi connectivity index (χ2v) is 11.1. The van der Waals surface area contributed by atoms with Crippen LogP contribution < -0.4 is 5.32 Å². The smallest absolute Gasteiger partial charge is 0.251 e. The van der Waals surface area contributed by atoms with E-state index < -0.39 is 0 Å². The standard InChI is InChI=1S/C29H32Cl2N2OS/c30-27-11-10-26(28(31)19-27)21-35-17-14-32-29(34)25-8-6-24(7-9-25)20-33-15-12-23(13-16-33)18-22-4-2-1-3-5-22/h1-11,19,23H,12-18,20-21H2,(H,32,34). The molecule has 1 fully saturated rings. The predicted octanol–water partition coefficient (Wildman–Crippen LogP) is 7.11. The molecule has 3 aromatic carbocycles. The van der Waals surface area contributed by atoms with Gasteiger partial charge in [-0.2, -0.15) is 11.8 Å². The van der Waals surface area contributed by atoms with Crippen LogP contribution in [0.2, 0.25) is 10.0 Å². The van der Waals surface area contributed by atoms with E-state index in [1.807, 2.05) is 24.3 Å². The lowest BCUT2D eigenvalue weighted by molar-refractivity contribution is 0.0956. The Kier molecular flexibility index (Phi) is 9.96. The molecular weight excluding hydrogens is 495 g/mol. The average molecular weight is 528 g/mol. The highest BCUT2D eigenvalue weighted by molar-refractivity contribution is 7.98. The highest BCUT2D eigenvalue weighted by Crippen LogP contribution is 2.25. The lowest BCUT2D eigenvalue weighted by Crippen LogP contribution is -2.33. The van der Waals surface area contributed by atoms with Crippen molar-refractivity contribution in [3.8, 4) is 0 Å². The summed E-state index contributed by atoms with van der Waals surface area (Å²) in [6.45, 7) is 3.84. The molecule has 3 nitrogen and oxygen atoms in total. The monoisotopic (exact) mass is 526 g/mol. The van der Waals surface area contributed by atoms with Crippen LogP contribution in [0.1, 0.15) is 39.9 Å². The first-order chi connectivity index (χ1) is 17.1. The van der Waals surface area contributed by atoms with Crippen molar-refractivity contribution in [2.45, 2.75) is 31.6 Å². The number of nitrogens with zero attached hydrogens (tertiary/aromatic N) is 1. The second-order valence-electron chi connectivity index (χ2n) is 9.15. The third-order valence-corrected chi connectivity index (χ3v) is 8.10. The van der Waals surface area contributed by atoms with Crippen LogP contribution in [-0.4, -0.2) is 36.2 Å². The van der Waals surface area contributed by atoms with Gasteiger partial charge in [-0.15, -0.1) is 0 Å². The topological polar surface area (TPSA) is 32.3 Å². The number of piperidine rings is 1. The minimum Gasteiger partial charge on any atom is -0.351 e. The van der Waals surface area contributed by atoms with E-state index >= 15 is 0 Å². The molecule has 35 heavy (non-hydrogen) atoms. The van der Waals surface area contributed by atoms with Crippen molar-refractivity contribution in [3.63, 3.8) is 0 Å². The number of benzene rings is 3. The minimum atomic E-state index is -0.0246. The summed E-state index contributed by atoms with van der Waals surface area (Å²) in [5, 5.41) is 4.34. The van der Waals surface area contributed by atoms with Gasteiger partial charge >= 0.3 is 0 Å². The molecule has 1 heterocycles. The van der Waals surface area contributed by atoms with Gasteiger partial charge in [-0.3, -0.25) is 9.69 Å². The Hall–Kier alpha value is -1.98. The zero-order valence-electron chi connectivity index (χ0n) is 19.9. The van der Waals surface area contributed by atoms with Gasteiger partial charge in [0.2, 0.25) is 0 Å². The van der Waals surface area contributed by atoms with Crippen molar-refractivity contribution in [2.75, 3.05) is 25.4 Å². The Balaban J connectivity index is 1.14. The van der Waals surface area contributed by atoms with Crippen LogP contribution in [0, 0.1) is 5.92 Å². The van der Waals surface area contributed by atoms with Crippen LogP contribution >= 0.6 is 35.0 Å². The molecular formula is C29H32Cl2N2OS. The summed E-state index contributed by atoms with van der Waals surface area (Å²) in [4.78, 5) is 15.0. The fourth-order valence-electron chi connectivity index (χ4n) is 4.48. The Labute approximate surface area is 223 Å². The van der Waals surface area contributed by atoms with E-state index in [4.69, 9.17) is 23.2 Å². The molecule has 1 amide bonds. The summed E-state index contributed by atoms with van der Waals surface area (Å²) in [7, 11) is 0. The second kappa shape index (κ2) is 13.4. The largest absolute Gasteiger partial charge is 0.351 e. The van der Waals surface area contributed by atoms with Crippen molar-refractivity contribution in [1.29, 1.82) is 0 Å². The predicted molar refractivity (Wildman–Crippen MR) is 150 cm³/mol. The molecule has 1 aliphatic rings. The van der Waals surface area contributed by atoms with E-state index in [1.54, 1.807) is 17.8 Å². The van der Waals surface area contributed by atoms with E-state index in [1.165, 1.54) is 30.4 Å². The molecule has 0 aromatic heterocycles. The molecule has 0 atom stereocenters. The van der Waals surface area contributed by atoms with E-state index in [2.05, 4.69) is 52.7 Å². The molecule has 184 valence electrons. The van der Waals surface area contributed by atoms with Crippen molar-refractivity contribution in [2.24, 2.45) is 5.92 Å². The SMILES string of the molecule is O=C(NCCSCc1ccc(Cl)cc1Cl)c1ccc(CN2CCC(Cc3ccccc3)CC2)cc1. The van der Waals surface area contributed by atoms with Gasteiger partial charge in [-0.05, 0) is 79.2 Å². The third kappa shape index (κ3) is 8.28. The zero-order chi connectivity index (χ0) is 24.5. The molecule has 0 aliphatic carbocycles. The summed E-state index contributed by atoms with van der Waals surface area (Å²) < 4.78 is 0. The van der Waals surface area contributed by atoms with E-state index in [0.29, 0.717) is 22.2 Å².